The number of benzene rings is 1. The Bertz CT molecular complexity index is 466. The van der Waals surface area contributed by atoms with Crippen LogP contribution < -0.4 is 16.6 Å². The summed E-state index contributed by atoms with van der Waals surface area (Å²) >= 11 is 0. The van der Waals surface area contributed by atoms with Gasteiger partial charge in [0.1, 0.15) is 0 Å². The monoisotopic (exact) mass is 257 g/mol. The second-order valence-electron chi connectivity index (χ2n) is 4.74. The molecule has 0 aromatic heterocycles. The fourth-order valence-corrected chi connectivity index (χ4v) is 2.25. The number of guanidine groups is 1. The minimum absolute atomic E-state index is 0.482. The van der Waals surface area contributed by atoms with Crippen LogP contribution in [0.2, 0.25) is 0 Å². The van der Waals surface area contributed by atoms with Crippen molar-refractivity contribution in [1.29, 1.82) is 5.26 Å². The normalized spacial score (nSPS) is 16.1. The van der Waals surface area contributed by atoms with Gasteiger partial charge in [0.25, 0.3) is 0 Å². The largest absolute Gasteiger partial charge is 0.353 e. The average molecular weight is 257 g/mol. The van der Waals surface area contributed by atoms with Gasteiger partial charge in [-0.05, 0) is 30.5 Å². The van der Waals surface area contributed by atoms with Crippen molar-refractivity contribution in [2.45, 2.75) is 38.3 Å². The first-order valence-corrected chi connectivity index (χ1v) is 6.58. The molecule has 0 amide bonds. The van der Waals surface area contributed by atoms with Crippen LogP contribution in [-0.4, -0.2) is 12.0 Å². The molecule has 1 fully saturated rings. The molecule has 0 saturated heterocycles. The Hall–Kier alpha value is -2.06. The summed E-state index contributed by atoms with van der Waals surface area (Å²) < 4.78 is 0. The second kappa shape index (κ2) is 6.76. The molecule has 0 heterocycles. The molecule has 4 N–H and O–H groups in total. The second-order valence-corrected chi connectivity index (χ2v) is 4.74. The standard InChI is InChI=1S/C14H19N5/c15-9-11-5-7-12(8-6-11)10-17-14(19-16)18-13-3-1-2-4-13/h5-8,13H,1-4,10,16H2,(H2,17,18,19). The summed E-state index contributed by atoms with van der Waals surface area (Å²) in [5.41, 5.74) is 4.32. The van der Waals surface area contributed by atoms with Gasteiger partial charge in [0, 0.05) is 6.04 Å². The lowest BCUT2D eigenvalue weighted by molar-refractivity contribution is 0.614. The molecular weight excluding hydrogens is 238 g/mol. The van der Waals surface area contributed by atoms with E-state index in [1.54, 1.807) is 12.1 Å². The molecule has 0 spiro atoms. The van der Waals surface area contributed by atoms with Gasteiger partial charge in [0.15, 0.2) is 0 Å². The summed E-state index contributed by atoms with van der Waals surface area (Å²) in [6, 6.07) is 9.99. The van der Waals surface area contributed by atoms with Crippen molar-refractivity contribution < 1.29 is 0 Å². The van der Waals surface area contributed by atoms with Crippen molar-refractivity contribution in [3.63, 3.8) is 0 Å². The molecule has 0 atom stereocenters. The van der Waals surface area contributed by atoms with E-state index in [1.165, 1.54) is 25.7 Å². The summed E-state index contributed by atoms with van der Waals surface area (Å²) in [5, 5.41) is 12.0. The summed E-state index contributed by atoms with van der Waals surface area (Å²) in [6.07, 6.45) is 4.89. The predicted octanol–water partition coefficient (Wildman–Crippen LogP) is 1.41. The molecule has 19 heavy (non-hydrogen) atoms. The Morgan fingerprint density at radius 2 is 2.00 bits per heavy atom. The highest BCUT2D eigenvalue weighted by Gasteiger charge is 2.15. The molecule has 5 nitrogen and oxygen atoms in total. The smallest absolute Gasteiger partial charge is 0.206 e. The minimum atomic E-state index is 0.482. The first kappa shape index (κ1) is 13.4. The Morgan fingerprint density at radius 1 is 1.32 bits per heavy atom. The first-order valence-electron chi connectivity index (χ1n) is 6.58. The zero-order valence-corrected chi connectivity index (χ0v) is 10.9. The van der Waals surface area contributed by atoms with E-state index >= 15 is 0 Å². The maximum Gasteiger partial charge on any atom is 0.206 e. The quantitative estimate of drug-likeness (QED) is 0.331. The molecule has 0 bridgehead atoms. The minimum Gasteiger partial charge on any atom is -0.353 e. The fraction of sp³-hybridized carbons (Fsp3) is 0.429. The van der Waals surface area contributed by atoms with E-state index < -0.39 is 0 Å². The lowest BCUT2D eigenvalue weighted by atomic mass is 10.1. The highest BCUT2D eigenvalue weighted by molar-refractivity contribution is 5.79. The molecule has 5 heteroatoms. The van der Waals surface area contributed by atoms with Crippen LogP contribution in [0.15, 0.2) is 29.3 Å². The molecular formula is C14H19N5. The van der Waals surface area contributed by atoms with E-state index in [2.05, 4.69) is 21.8 Å². The molecule has 1 aromatic carbocycles. The van der Waals surface area contributed by atoms with Crippen LogP contribution in [0.25, 0.3) is 0 Å². The SMILES string of the molecule is N#Cc1ccc(CN=C(NN)NC2CCCC2)cc1. The van der Waals surface area contributed by atoms with Crippen molar-refractivity contribution in [3.8, 4) is 6.07 Å². The summed E-state index contributed by atoms with van der Waals surface area (Å²) in [7, 11) is 0. The summed E-state index contributed by atoms with van der Waals surface area (Å²) in [5.74, 6) is 6.11. The zero-order chi connectivity index (χ0) is 13.5. The van der Waals surface area contributed by atoms with Crippen molar-refractivity contribution >= 4 is 5.96 Å². The predicted molar refractivity (Wildman–Crippen MR) is 75.0 cm³/mol. The number of hydrogen-bond donors (Lipinski definition) is 3. The maximum atomic E-state index is 8.73. The van der Waals surface area contributed by atoms with Crippen LogP contribution >= 0.6 is 0 Å². The van der Waals surface area contributed by atoms with Crippen LogP contribution in [0, 0.1) is 11.3 Å². The zero-order valence-electron chi connectivity index (χ0n) is 10.9. The molecule has 1 aliphatic rings. The van der Waals surface area contributed by atoms with Gasteiger partial charge in [0.2, 0.25) is 5.96 Å². The van der Waals surface area contributed by atoms with Gasteiger partial charge in [0.05, 0.1) is 18.2 Å². The molecule has 0 aliphatic heterocycles. The van der Waals surface area contributed by atoms with Crippen LogP contribution in [0.5, 0.6) is 0 Å². The topological polar surface area (TPSA) is 86.2 Å². The van der Waals surface area contributed by atoms with E-state index in [-0.39, 0.29) is 0 Å². The van der Waals surface area contributed by atoms with Gasteiger partial charge in [-0.1, -0.05) is 25.0 Å². The van der Waals surface area contributed by atoms with Crippen LogP contribution in [-0.2, 0) is 6.54 Å². The van der Waals surface area contributed by atoms with E-state index in [0.29, 0.717) is 24.1 Å². The van der Waals surface area contributed by atoms with Crippen LogP contribution in [0.3, 0.4) is 0 Å². The van der Waals surface area contributed by atoms with E-state index in [1.807, 2.05) is 12.1 Å². The molecule has 2 rings (SSSR count). The molecule has 0 unspecified atom stereocenters. The number of nitrogens with one attached hydrogen (secondary N) is 2. The first-order chi connectivity index (χ1) is 9.31. The lowest BCUT2D eigenvalue weighted by Gasteiger charge is -2.14. The molecule has 1 aliphatic carbocycles. The van der Waals surface area contributed by atoms with Crippen molar-refractivity contribution in [2.24, 2.45) is 10.8 Å². The number of hydrazine groups is 1. The van der Waals surface area contributed by atoms with Gasteiger partial charge < -0.3 is 5.32 Å². The highest BCUT2D eigenvalue weighted by atomic mass is 15.3. The summed E-state index contributed by atoms with van der Waals surface area (Å²) in [6.45, 7) is 0.547. The van der Waals surface area contributed by atoms with Crippen molar-refractivity contribution in [3.05, 3.63) is 35.4 Å². The van der Waals surface area contributed by atoms with Gasteiger partial charge in [-0.15, -0.1) is 0 Å². The highest BCUT2D eigenvalue weighted by Crippen LogP contribution is 2.17. The average Bonchev–Trinajstić information content (AvgIpc) is 2.97. The van der Waals surface area contributed by atoms with E-state index in [0.717, 1.165) is 5.56 Å². The number of nitriles is 1. The number of hydrogen-bond acceptors (Lipinski definition) is 3. The third-order valence-corrected chi connectivity index (χ3v) is 3.34. The Kier molecular flexibility index (Phi) is 4.76. The molecule has 0 radical (unpaired) electrons. The van der Waals surface area contributed by atoms with E-state index in [9.17, 15) is 0 Å². The number of nitrogens with two attached hydrogens (primary N) is 1. The van der Waals surface area contributed by atoms with Crippen LogP contribution in [0.1, 0.15) is 36.8 Å². The molecule has 100 valence electrons. The van der Waals surface area contributed by atoms with Gasteiger partial charge in [-0.3, -0.25) is 5.43 Å². The third-order valence-electron chi connectivity index (χ3n) is 3.34. The Labute approximate surface area is 113 Å². The molecule has 1 saturated carbocycles. The van der Waals surface area contributed by atoms with Gasteiger partial charge >= 0.3 is 0 Å². The fourth-order valence-electron chi connectivity index (χ4n) is 2.25. The van der Waals surface area contributed by atoms with Gasteiger partial charge in [-0.2, -0.15) is 5.26 Å². The third kappa shape index (κ3) is 3.97. The van der Waals surface area contributed by atoms with Crippen molar-refractivity contribution in [2.75, 3.05) is 0 Å². The van der Waals surface area contributed by atoms with E-state index in [4.69, 9.17) is 11.1 Å². The number of nitrogens with zero attached hydrogens (tertiary/aromatic N) is 2. The number of aliphatic imine (C=N–C) groups is 1. The molecule has 1 aromatic rings. The number of rotatable bonds is 3. The van der Waals surface area contributed by atoms with Crippen LogP contribution in [0.4, 0.5) is 0 Å². The lowest BCUT2D eigenvalue weighted by Crippen LogP contribution is -2.45. The Balaban J connectivity index is 1.92. The summed E-state index contributed by atoms with van der Waals surface area (Å²) in [4.78, 5) is 4.42. The van der Waals surface area contributed by atoms with Crippen molar-refractivity contribution in [1.82, 2.24) is 10.7 Å². The Morgan fingerprint density at radius 3 is 2.58 bits per heavy atom. The maximum absolute atomic E-state index is 8.73. The van der Waals surface area contributed by atoms with Gasteiger partial charge in [-0.25, -0.2) is 10.8 Å².